The van der Waals surface area contributed by atoms with Gasteiger partial charge in [0.05, 0.1) is 12.5 Å². The Balaban J connectivity index is 1.48. The molecule has 1 aromatic heterocycles. The summed E-state index contributed by atoms with van der Waals surface area (Å²) in [6, 6.07) is 13.4. The van der Waals surface area contributed by atoms with E-state index >= 15 is 0 Å². The van der Waals surface area contributed by atoms with E-state index in [-0.39, 0.29) is 18.2 Å². The van der Waals surface area contributed by atoms with Crippen LogP contribution in [0.15, 0.2) is 60.9 Å². The van der Waals surface area contributed by atoms with E-state index in [2.05, 4.69) is 15.7 Å². The van der Waals surface area contributed by atoms with E-state index in [4.69, 9.17) is 0 Å². The van der Waals surface area contributed by atoms with Gasteiger partial charge in [0.25, 0.3) is 0 Å². The van der Waals surface area contributed by atoms with Crippen LogP contribution in [0.1, 0.15) is 23.5 Å². The second kappa shape index (κ2) is 7.03. The molecule has 3 aromatic rings. The number of fused-ring (bicyclic) bond motifs is 1. The monoisotopic (exact) mass is 364 g/mol. The smallest absolute Gasteiger partial charge is 0.232 e. The van der Waals surface area contributed by atoms with Crippen molar-refractivity contribution >= 4 is 23.2 Å². The summed E-state index contributed by atoms with van der Waals surface area (Å²) in [7, 11) is 0. The highest BCUT2D eigenvalue weighted by molar-refractivity contribution is 6.05. The third-order valence-corrected chi connectivity index (χ3v) is 4.50. The van der Waals surface area contributed by atoms with Crippen molar-refractivity contribution in [2.75, 3.05) is 10.6 Å². The first-order chi connectivity index (χ1) is 13.1. The summed E-state index contributed by atoms with van der Waals surface area (Å²) in [6.07, 6.45) is 3.63. The number of nitrogens with one attached hydrogen (secondary N) is 2. The molecule has 1 aliphatic rings. The van der Waals surface area contributed by atoms with E-state index in [1.807, 2.05) is 41.2 Å². The van der Waals surface area contributed by atoms with Gasteiger partial charge in [0.1, 0.15) is 5.82 Å². The Bertz CT molecular complexity index is 984. The van der Waals surface area contributed by atoms with Gasteiger partial charge in [-0.05, 0) is 41.5 Å². The number of carbonyl (C=O) groups excluding carboxylic acids is 2. The van der Waals surface area contributed by atoms with E-state index in [1.54, 1.807) is 12.3 Å². The number of halogens is 1. The maximum absolute atomic E-state index is 13.4. The van der Waals surface area contributed by atoms with E-state index in [9.17, 15) is 14.0 Å². The zero-order valence-electron chi connectivity index (χ0n) is 14.4. The molecule has 2 N–H and O–H groups in total. The molecule has 0 aliphatic carbocycles. The lowest BCUT2D eigenvalue weighted by atomic mass is 9.89. The van der Waals surface area contributed by atoms with Crippen molar-refractivity contribution in [2.45, 2.75) is 18.9 Å². The molecule has 0 radical (unpaired) electrons. The molecular weight excluding hydrogens is 347 g/mol. The minimum Gasteiger partial charge on any atom is -0.326 e. The highest BCUT2D eigenvalue weighted by atomic mass is 19.1. The van der Waals surface area contributed by atoms with Crippen LogP contribution in [-0.4, -0.2) is 21.6 Å². The van der Waals surface area contributed by atoms with Crippen molar-refractivity contribution in [1.82, 2.24) is 9.78 Å². The highest BCUT2D eigenvalue weighted by Gasteiger charge is 2.31. The van der Waals surface area contributed by atoms with E-state index in [0.29, 0.717) is 23.5 Å². The number of benzene rings is 2. The topological polar surface area (TPSA) is 76.0 Å². The van der Waals surface area contributed by atoms with Crippen LogP contribution in [0.2, 0.25) is 0 Å². The molecule has 136 valence electrons. The van der Waals surface area contributed by atoms with Crippen LogP contribution in [0.5, 0.6) is 0 Å². The van der Waals surface area contributed by atoms with E-state index in [1.165, 1.54) is 12.1 Å². The van der Waals surface area contributed by atoms with Crippen LogP contribution in [0.3, 0.4) is 0 Å². The van der Waals surface area contributed by atoms with Crippen molar-refractivity contribution in [3.05, 3.63) is 77.9 Å². The number of amides is 2. The molecule has 7 heteroatoms. The summed E-state index contributed by atoms with van der Waals surface area (Å²) in [4.78, 5) is 24.6. The van der Waals surface area contributed by atoms with Gasteiger partial charge in [-0.3, -0.25) is 14.3 Å². The maximum Gasteiger partial charge on any atom is 0.232 e. The van der Waals surface area contributed by atoms with Crippen molar-refractivity contribution in [2.24, 2.45) is 0 Å². The lowest BCUT2D eigenvalue weighted by Crippen LogP contribution is -2.30. The highest BCUT2D eigenvalue weighted by Crippen LogP contribution is 2.33. The molecule has 2 heterocycles. The Hall–Kier alpha value is -3.48. The van der Waals surface area contributed by atoms with Gasteiger partial charge >= 0.3 is 0 Å². The lowest BCUT2D eigenvalue weighted by molar-refractivity contribution is -0.123. The number of hydrogen-bond donors (Lipinski definition) is 2. The van der Waals surface area contributed by atoms with Gasteiger partial charge in [-0.1, -0.05) is 18.2 Å². The number of hydrogen-bond acceptors (Lipinski definition) is 3. The predicted molar refractivity (Wildman–Crippen MR) is 98.8 cm³/mol. The molecule has 0 saturated heterocycles. The second-order valence-corrected chi connectivity index (χ2v) is 6.43. The normalized spacial score (nSPS) is 15.7. The second-order valence-electron chi connectivity index (χ2n) is 6.43. The van der Waals surface area contributed by atoms with Crippen LogP contribution in [0.4, 0.5) is 15.8 Å². The van der Waals surface area contributed by atoms with Crippen molar-refractivity contribution in [3.63, 3.8) is 0 Å². The molecule has 4 rings (SSSR count). The number of aromatic nitrogens is 2. The van der Waals surface area contributed by atoms with Gasteiger partial charge in [-0.2, -0.15) is 5.10 Å². The molecule has 0 saturated carbocycles. The first-order valence-corrected chi connectivity index (χ1v) is 8.55. The zero-order chi connectivity index (χ0) is 18.8. The zero-order valence-corrected chi connectivity index (χ0v) is 14.4. The van der Waals surface area contributed by atoms with Gasteiger partial charge in [-0.25, -0.2) is 4.39 Å². The van der Waals surface area contributed by atoms with Crippen molar-refractivity contribution < 1.29 is 14.0 Å². The molecule has 0 spiro atoms. The summed E-state index contributed by atoms with van der Waals surface area (Å²) in [5, 5.41) is 9.61. The third kappa shape index (κ3) is 3.72. The van der Waals surface area contributed by atoms with Crippen LogP contribution < -0.4 is 10.6 Å². The summed E-state index contributed by atoms with van der Waals surface area (Å²) < 4.78 is 15.2. The molecule has 1 unspecified atom stereocenters. The van der Waals surface area contributed by atoms with E-state index in [0.717, 1.165) is 5.56 Å². The largest absolute Gasteiger partial charge is 0.326 e. The van der Waals surface area contributed by atoms with Crippen molar-refractivity contribution in [1.29, 1.82) is 0 Å². The maximum atomic E-state index is 13.4. The minimum atomic E-state index is -0.655. The summed E-state index contributed by atoms with van der Waals surface area (Å²) in [5.74, 6) is -1.71. The Labute approximate surface area is 155 Å². The van der Waals surface area contributed by atoms with Crippen LogP contribution in [0, 0.1) is 5.82 Å². The summed E-state index contributed by atoms with van der Waals surface area (Å²) >= 11 is 0. The molecule has 1 atom stereocenters. The quantitative estimate of drug-likeness (QED) is 0.747. The molecule has 2 aromatic carbocycles. The van der Waals surface area contributed by atoms with E-state index < -0.39 is 11.7 Å². The average Bonchev–Trinajstić information content (AvgIpc) is 3.15. The lowest BCUT2D eigenvalue weighted by Gasteiger charge is -2.25. The first kappa shape index (κ1) is 17.0. The van der Waals surface area contributed by atoms with Crippen LogP contribution >= 0.6 is 0 Å². The van der Waals surface area contributed by atoms with Crippen LogP contribution in [-0.2, 0) is 16.1 Å². The molecule has 1 aliphatic heterocycles. The third-order valence-electron chi connectivity index (χ3n) is 4.50. The molecule has 6 nitrogen and oxygen atoms in total. The summed E-state index contributed by atoms with van der Waals surface area (Å²) in [5.41, 5.74) is 2.65. The van der Waals surface area contributed by atoms with Gasteiger partial charge in [0, 0.05) is 30.2 Å². The summed E-state index contributed by atoms with van der Waals surface area (Å²) in [6.45, 7) is 0.642. The van der Waals surface area contributed by atoms with Gasteiger partial charge in [0.2, 0.25) is 11.8 Å². The fourth-order valence-electron chi connectivity index (χ4n) is 3.18. The van der Waals surface area contributed by atoms with Crippen molar-refractivity contribution in [3.8, 4) is 0 Å². The molecule has 2 amide bonds. The van der Waals surface area contributed by atoms with Gasteiger partial charge in [0.15, 0.2) is 0 Å². The average molecular weight is 364 g/mol. The molecule has 0 bridgehead atoms. The minimum absolute atomic E-state index is 0.0296. The van der Waals surface area contributed by atoms with Crippen LogP contribution in [0.25, 0.3) is 0 Å². The Kier molecular flexibility index (Phi) is 4.42. The van der Waals surface area contributed by atoms with Gasteiger partial charge < -0.3 is 10.6 Å². The number of anilines is 2. The fourth-order valence-corrected chi connectivity index (χ4v) is 3.18. The fraction of sp³-hybridized carbons (Fsp3) is 0.150. The first-order valence-electron chi connectivity index (χ1n) is 8.55. The number of rotatable bonds is 4. The molecule has 0 fully saturated rings. The Morgan fingerprint density at radius 1 is 1.26 bits per heavy atom. The standard InChI is InChI=1S/C20H17FN4O2/c21-14-4-7-16-17(11-19(26)24-18(16)10-14)20(27)23-15-5-2-13(3-6-15)12-25-9-1-8-22-25/h1-10,17H,11-12H2,(H,23,27)(H,24,26). The Morgan fingerprint density at radius 3 is 2.81 bits per heavy atom. The number of carbonyl (C=O) groups is 2. The molecular formula is C20H17FN4O2. The Morgan fingerprint density at radius 2 is 2.07 bits per heavy atom. The SMILES string of the molecule is O=C1CC(C(=O)Nc2ccc(Cn3cccn3)cc2)c2ccc(F)cc2N1. The van der Waals surface area contributed by atoms with Gasteiger partial charge in [-0.15, -0.1) is 0 Å². The molecule has 27 heavy (non-hydrogen) atoms. The predicted octanol–water partition coefficient (Wildman–Crippen LogP) is 3.14. The number of nitrogens with zero attached hydrogens (tertiary/aromatic N) is 2.